The lowest BCUT2D eigenvalue weighted by molar-refractivity contribution is 0.00992. The molecule has 0 unspecified atom stereocenters. The van der Waals surface area contributed by atoms with Crippen LogP contribution in [0.25, 0.3) is 0 Å². The summed E-state index contributed by atoms with van der Waals surface area (Å²) in [5.41, 5.74) is 1.61. The number of piperidine rings is 1. The number of halogens is 1. The second kappa shape index (κ2) is 12.9. The normalized spacial score (nSPS) is 19.2. The smallest absolute Gasteiger partial charge is 0.193 e. The average molecular weight is 451 g/mol. The van der Waals surface area contributed by atoms with Crippen molar-refractivity contribution in [3.8, 4) is 0 Å². The Morgan fingerprint density at radius 2 is 2.12 bits per heavy atom. The van der Waals surface area contributed by atoms with Crippen LogP contribution in [0.15, 0.2) is 16.6 Å². The van der Waals surface area contributed by atoms with Crippen molar-refractivity contribution in [1.82, 2.24) is 10.2 Å². The summed E-state index contributed by atoms with van der Waals surface area (Å²) in [6, 6.07) is 0. The highest BCUT2D eigenvalue weighted by Gasteiger charge is 2.21. The molecule has 6 heteroatoms. The number of aliphatic imine (C=N–C) groups is 1. The number of methoxy groups -OCH3 is 1. The third-order valence-corrected chi connectivity index (χ3v) is 4.66. The molecular weight excluding hydrogens is 417 g/mol. The number of nitrogens with one attached hydrogen (secondary N) is 1. The highest BCUT2D eigenvalue weighted by molar-refractivity contribution is 14.0. The zero-order valence-electron chi connectivity index (χ0n) is 15.3. The summed E-state index contributed by atoms with van der Waals surface area (Å²) in [6.07, 6.45) is 11.0. The zero-order chi connectivity index (χ0) is 16.3. The van der Waals surface area contributed by atoms with E-state index in [1.807, 2.05) is 7.05 Å². The monoisotopic (exact) mass is 451 g/mol. The molecule has 2 aliphatic rings. The maximum atomic E-state index is 5.92. The van der Waals surface area contributed by atoms with Gasteiger partial charge in [-0.2, -0.15) is 0 Å². The minimum absolute atomic E-state index is 0. The maximum absolute atomic E-state index is 5.92. The zero-order valence-corrected chi connectivity index (χ0v) is 17.6. The molecule has 0 spiro atoms. The first-order chi connectivity index (χ1) is 11.3. The van der Waals surface area contributed by atoms with E-state index in [9.17, 15) is 0 Å². The number of nitrogens with zero attached hydrogens (tertiary/aromatic N) is 2. The fourth-order valence-electron chi connectivity index (χ4n) is 3.32. The lowest BCUT2D eigenvalue weighted by Crippen LogP contribution is -2.47. The molecule has 1 aliphatic heterocycles. The molecule has 0 aromatic rings. The van der Waals surface area contributed by atoms with Crippen LogP contribution in [0, 0.1) is 0 Å². The van der Waals surface area contributed by atoms with Crippen molar-refractivity contribution >= 4 is 29.9 Å². The topological polar surface area (TPSA) is 46.1 Å². The second-order valence-corrected chi connectivity index (χ2v) is 6.38. The lowest BCUT2D eigenvalue weighted by Gasteiger charge is -2.34. The Morgan fingerprint density at radius 3 is 2.75 bits per heavy atom. The molecule has 2 rings (SSSR count). The van der Waals surface area contributed by atoms with E-state index in [0.717, 1.165) is 64.5 Å². The molecule has 1 saturated heterocycles. The molecular formula is C18H34IN3O2. The van der Waals surface area contributed by atoms with Gasteiger partial charge in [0, 0.05) is 47.0 Å². The van der Waals surface area contributed by atoms with Gasteiger partial charge in [0.25, 0.3) is 0 Å². The van der Waals surface area contributed by atoms with Gasteiger partial charge in [0.2, 0.25) is 0 Å². The number of hydrogen-bond donors (Lipinski definition) is 1. The van der Waals surface area contributed by atoms with Crippen molar-refractivity contribution in [1.29, 1.82) is 0 Å². The number of hydrogen-bond acceptors (Lipinski definition) is 3. The molecule has 0 aromatic heterocycles. The van der Waals surface area contributed by atoms with Crippen molar-refractivity contribution in [2.24, 2.45) is 4.99 Å². The molecule has 1 fully saturated rings. The van der Waals surface area contributed by atoms with Crippen LogP contribution in [0.5, 0.6) is 0 Å². The largest absolute Gasteiger partial charge is 0.385 e. The van der Waals surface area contributed by atoms with E-state index in [4.69, 9.17) is 9.47 Å². The Morgan fingerprint density at radius 1 is 1.33 bits per heavy atom. The summed E-state index contributed by atoms with van der Waals surface area (Å²) in [6.45, 7) is 4.63. The standard InChI is InChI=1S/C18H33N3O2.HI/c1-19-18(20-11-8-16-6-3-4-7-16)21-12-9-17(10-13-21)23-15-5-14-22-2;/h6,17H,3-5,7-15H2,1-2H3,(H,19,20);1H. The predicted molar refractivity (Wildman–Crippen MR) is 110 cm³/mol. The Hall–Kier alpha value is -0.340. The molecule has 0 radical (unpaired) electrons. The van der Waals surface area contributed by atoms with E-state index in [0.29, 0.717) is 6.10 Å². The molecule has 0 aromatic carbocycles. The summed E-state index contributed by atoms with van der Waals surface area (Å²) < 4.78 is 11.0. The van der Waals surface area contributed by atoms with Crippen LogP contribution in [0.1, 0.15) is 44.9 Å². The minimum Gasteiger partial charge on any atom is -0.385 e. The molecule has 24 heavy (non-hydrogen) atoms. The predicted octanol–water partition coefficient (Wildman–Crippen LogP) is 3.20. The van der Waals surface area contributed by atoms with Crippen LogP contribution in [0.3, 0.4) is 0 Å². The third kappa shape index (κ3) is 7.70. The molecule has 0 bridgehead atoms. The van der Waals surface area contributed by atoms with E-state index >= 15 is 0 Å². The number of rotatable bonds is 8. The van der Waals surface area contributed by atoms with Crippen LogP contribution in [-0.2, 0) is 9.47 Å². The number of guanidine groups is 1. The van der Waals surface area contributed by atoms with Crippen molar-refractivity contribution in [3.05, 3.63) is 11.6 Å². The molecule has 1 heterocycles. The van der Waals surface area contributed by atoms with E-state index in [1.54, 1.807) is 12.7 Å². The van der Waals surface area contributed by atoms with Crippen LogP contribution in [-0.4, -0.2) is 64.0 Å². The molecule has 5 nitrogen and oxygen atoms in total. The Kier molecular flexibility index (Phi) is 11.7. The molecule has 1 N–H and O–H groups in total. The highest BCUT2D eigenvalue weighted by atomic mass is 127. The molecule has 0 atom stereocenters. The summed E-state index contributed by atoms with van der Waals surface area (Å²) >= 11 is 0. The van der Waals surface area contributed by atoms with E-state index in [2.05, 4.69) is 21.3 Å². The Balaban J connectivity index is 0.00000288. The molecule has 1 aliphatic carbocycles. The molecule has 0 amide bonds. The van der Waals surface area contributed by atoms with Crippen molar-refractivity contribution in [3.63, 3.8) is 0 Å². The van der Waals surface area contributed by atoms with E-state index in [1.165, 1.54) is 19.3 Å². The Bertz CT molecular complexity index is 394. The second-order valence-electron chi connectivity index (χ2n) is 6.38. The first-order valence-electron chi connectivity index (χ1n) is 9.07. The van der Waals surface area contributed by atoms with Crippen molar-refractivity contribution in [2.45, 2.75) is 51.0 Å². The quantitative estimate of drug-likeness (QED) is 0.203. The van der Waals surface area contributed by atoms with Gasteiger partial charge in [-0.1, -0.05) is 11.6 Å². The van der Waals surface area contributed by atoms with Gasteiger partial charge in [0.1, 0.15) is 0 Å². The summed E-state index contributed by atoms with van der Waals surface area (Å²) in [4.78, 5) is 6.80. The van der Waals surface area contributed by atoms with Gasteiger partial charge in [-0.3, -0.25) is 4.99 Å². The molecule has 0 saturated carbocycles. The number of allylic oxidation sites excluding steroid dienone is 1. The SMILES string of the molecule is CN=C(NCCC1=CCCC1)N1CCC(OCCCOC)CC1.I. The summed E-state index contributed by atoms with van der Waals surface area (Å²) in [5.74, 6) is 1.04. The van der Waals surface area contributed by atoms with Gasteiger partial charge in [-0.25, -0.2) is 0 Å². The van der Waals surface area contributed by atoms with Crippen molar-refractivity contribution < 1.29 is 9.47 Å². The van der Waals surface area contributed by atoms with E-state index in [-0.39, 0.29) is 24.0 Å². The summed E-state index contributed by atoms with van der Waals surface area (Å²) in [7, 11) is 3.62. The average Bonchev–Trinajstić information content (AvgIpc) is 3.10. The fraction of sp³-hybridized carbons (Fsp3) is 0.833. The molecule has 140 valence electrons. The van der Waals surface area contributed by atoms with Crippen LogP contribution >= 0.6 is 24.0 Å². The highest BCUT2D eigenvalue weighted by Crippen LogP contribution is 2.20. The maximum Gasteiger partial charge on any atom is 0.193 e. The van der Waals surface area contributed by atoms with Gasteiger partial charge in [0.05, 0.1) is 6.10 Å². The van der Waals surface area contributed by atoms with Crippen molar-refractivity contribution in [2.75, 3.05) is 47.0 Å². The number of ether oxygens (including phenoxy) is 2. The van der Waals surface area contributed by atoms with Crippen LogP contribution in [0.2, 0.25) is 0 Å². The van der Waals surface area contributed by atoms with Gasteiger partial charge in [-0.05, 0) is 44.9 Å². The summed E-state index contributed by atoms with van der Waals surface area (Å²) in [5, 5.41) is 3.52. The van der Waals surface area contributed by atoms with Gasteiger partial charge in [0.15, 0.2) is 5.96 Å². The van der Waals surface area contributed by atoms with Gasteiger partial charge >= 0.3 is 0 Å². The third-order valence-electron chi connectivity index (χ3n) is 4.66. The Labute approximate surface area is 164 Å². The van der Waals surface area contributed by atoms with E-state index < -0.39 is 0 Å². The van der Waals surface area contributed by atoms with Gasteiger partial charge in [-0.15, -0.1) is 24.0 Å². The van der Waals surface area contributed by atoms with Crippen LogP contribution < -0.4 is 5.32 Å². The first kappa shape index (κ1) is 21.7. The van der Waals surface area contributed by atoms with Gasteiger partial charge < -0.3 is 19.7 Å². The first-order valence-corrected chi connectivity index (χ1v) is 9.07. The fourth-order valence-corrected chi connectivity index (χ4v) is 3.32. The minimum atomic E-state index is 0. The lowest BCUT2D eigenvalue weighted by atomic mass is 10.1. The van der Waals surface area contributed by atoms with Crippen LogP contribution in [0.4, 0.5) is 0 Å². The number of likely N-dealkylation sites (tertiary alicyclic amines) is 1.